The summed E-state index contributed by atoms with van der Waals surface area (Å²) in [4.78, 5) is 2.64. The van der Waals surface area contributed by atoms with Gasteiger partial charge in [-0.05, 0) is 67.9 Å². The highest BCUT2D eigenvalue weighted by molar-refractivity contribution is 7.90. The summed E-state index contributed by atoms with van der Waals surface area (Å²) in [5, 5.41) is 23.4. The van der Waals surface area contributed by atoms with Crippen LogP contribution in [0.1, 0.15) is 23.7 Å². The predicted molar refractivity (Wildman–Crippen MR) is 109 cm³/mol. The normalized spacial score (nSPS) is 22.8. The van der Waals surface area contributed by atoms with E-state index in [1.54, 1.807) is 36.4 Å². The van der Waals surface area contributed by atoms with Crippen molar-refractivity contribution < 1.29 is 23.4 Å². The third kappa shape index (κ3) is 4.19. The second kappa shape index (κ2) is 7.85. The molecule has 2 unspecified atom stereocenters. The zero-order valence-corrected chi connectivity index (χ0v) is 17.2. The number of nitrogens with zero attached hydrogens (tertiary/aromatic N) is 1. The molecule has 29 heavy (non-hydrogen) atoms. The largest absolute Gasteiger partial charge is 0.504 e. The number of phenols is 2. The van der Waals surface area contributed by atoms with E-state index in [4.69, 9.17) is 4.74 Å². The van der Waals surface area contributed by atoms with Crippen LogP contribution in [-0.2, 0) is 16.3 Å². The monoisotopic (exact) mass is 418 g/mol. The molecule has 2 aromatic carbocycles. The van der Waals surface area contributed by atoms with E-state index in [9.17, 15) is 18.6 Å². The Bertz CT molecular complexity index is 983. The quantitative estimate of drug-likeness (QED) is 0.652. The Morgan fingerprint density at radius 1 is 1.07 bits per heavy atom. The Labute approximate surface area is 170 Å². The molecule has 1 saturated heterocycles. The second-order valence-corrected chi connectivity index (χ2v) is 9.75. The van der Waals surface area contributed by atoms with Gasteiger partial charge in [0.15, 0.2) is 21.3 Å². The number of nitrogens with one attached hydrogen (secondary N) is 1. The van der Waals surface area contributed by atoms with Crippen LogP contribution in [0.4, 0.5) is 0 Å². The van der Waals surface area contributed by atoms with E-state index < -0.39 is 9.84 Å². The number of fused-ring (bicyclic) bond motifs is 1. The lowest BCUT2D eigenvalue weighted by molar-refractivity contribution is 0.0820. The van der Waals surface area contributed by atoms with Crippen LogP contribution in [0, 0.1) is 0 Å². The van der Waals surface area contributed by atoms with Crippen molar-refractivity contribution in [1.82, 2.24) is 10.2 Å². The maximum atomic E-state index is 11.7. The van der Waals surface area contributed by atoms with Gasteiger partial charge in [-0.15, -0.1) is 0 Å². The van der Waals surface area contributed by atoms with Gasteiger partial charge in [-0.25, -0.2) is 8.42 Å². The highest BCUT2D eigenvalue weighted by Gasteiger charge is 2.39. The first kappa shape index (κ1) is 20.0. The van der Waals surface area contributed by atoms with Gasteiger partial charge in [0.25, 0.3) is 0 Å². The molecule has 4 rings (SSSR count). The minimum atomic E-state index is -3.27. The number of aromatic hydroxyl groups is 2. The van der Waals surface area contributed by atoms with Crippen molar-refractivity contribution in [3.63, 3.8) is 0 Å². The molecule has 0 aromatic heterocycles. The van der Waals surface area contributed by atoms with Crippen molar-refractivity contribution in [1.29, 1.82) is 0 Å². The molecule has 156 valence electrons. The van der Waals surface area contributed by atoms with E-state index in [0.29, 0.717) is 5.75 Å². The molecular weight excluding hydrogens is 392 g/mol. The Hall–Kier alpha value is -2.29. The summed E-state index contributed by atoms with van der Waals surface area (Å²) in [6.07, 6.45) is 2.61. The van der Waals surface area contributed by atoms with Crippen molar-refractivity contribution in [3.8, 4) is 17.2 Å². The van der Waals surface area contributed by atoms with Gasteiger partial charge in [0.05, 0.1) is 10.9 Å². The van der Waals surface area contributed by atoms with Crippen LogP contribution in [0.15, 0.2) is 41.3 Å². The van der Waals surface area contributed by atoms with Gasteiger partial charge in [-0.2, -0.15) is 0 Å². The third-order valence-electron chi connectivity index (χ3n) is 5.68. The Morgan fingerprint density at radius 3 is 2.52 bits per heavy atom. The molecule has 1 heterocycles. The number of hydrogen-bond acceptors (Lipinski definition) is 7. The van der Waals surface area contributed by atoms with E-state index >= 15 is 0 Å². The molecule has 2 atom stereocenters. The maximum Gasteiger partial charge on any atom is 0.175 e. The lowest BCUT2D eigenvalue weighted by Gasteiger charge is -2.32. The standard InChI is InChI=1S/C21H26N2O5S/c1-29(26,27)16-5-3-15(4-6-16)28-21-17-13-20(25)19(24)12-14(17)11-18(21)23-9-2-7-22-8-10-23/h3-6,12-13,18,21-22,24-25H,2,7-11H2,1H3. The molecule has 8 heteroatoms. The van der Waals surface area contributed by atoms with Gasteiger partial charge >= 0.3 is 0 Å². The summed E-state index contributed by atoms with van der Waals surface area (Å²) in [6.45, 7) is 3.72. The number of hydrogen-bond donors (Lipinski definition) is 3. The maximum absolute atomic E-state index is 11.7. The number of benzene rings is 2. The van der Waals surface area contributed by atoms with Gasteiger partial charge in [0.1, 0.15) is 11.9 Å². The van der Waals surface area contributed by atoms with Gasteiger partial charge in [-0.3, -0.25) is 4.90 Å². The van der Waals surface area contributed by atoms with Crippen molar-refractivity contribution in [3.05, 3.63) is 47.5 Å². The fourth-order valence-corrected chi connectivity index (χ4v) is 4.82. The van der Waals surface area contributed by atoms with Crippen molar-refractivity contribution in [2.24, 2.45) is 0 Å². The summed E-state index contributed by atoms with van der Waals surface area (Å²) in [5.41, 5.74) is 1.81. The lowest BCUT2D eigenvalue weighted by atomic mass is 10.1. The first-order chi connectivity index (χ1) is 13.8. The number of ether oxygens (including phenoxy) is 1. The van der Waals surface area contributed by atoms with Gasteiger partial charge in [0.2, 0.25) is 0 Å². The Balaban J connectivity index is 1.65. The number of phenolic OH excluding ortho intramolecular Hbond substituents is 2. The second-order valence-electron chi connectivity index (χ2n) is 7.73. The highest BCUT2D eigenvalue weighted by Crippen LogP contribution is 2.42. The van der Waals surface area contributed by atoms with Crippen LogP contribution >= 0.6 is 0 Å². The molecular formula is C21H26N2O5S. The van der Waals surface area contributed by atoms with Gasteiger partial charge < -0.3 is 20.3 Å². The Morgan fingerprint density at radius 2 is 1.79 bits per heavy atom. The lowest BCUT2D eigenvalue weighted by Crippen LogP contribution is -2.42. The van der Waals surface area contributed by atoms with Gasteiger partial charge in [-0.1, -0.05) is 0 Å². The smallest absolute Gasteiger partial charge is 0.175 e. The molecule has 1 aliphatic carbocycles. The fraction of sp³-hybridized carbons (Fsp3) is 0.429. The van der Waals surface area contributed by atoms with Crippen LogP contribution in [0.25, 0.3) is 0 Å². The van der Waals surface area contributed by atoms with E-state index in [0.717, 1.165) is 50.1 Å². The van der Waals surface area contributed by atoms with Crippen LogP contribution in [-0.4, -0.2) is 62.0 Å². The summed E-state index contributed by atoms with van der Waals surface area (Å²) in [6, 6.07) is 9.67. The average molecular weight is 419 g/mol. The zero-order valence-electron chi connectivity index (χ0n) is 16.3. The van der Waals surface area contributed by atoms with Crippen LogP contribution < -0.4 is 10.1 Å². The van der Waals surface area contributed by atoms with E-state index in [-0.39, 0.29) is 28.5 Å². The first-order valence-electron chi connectivity index (χ1n) is 9.79. The van der Waals surface area contributed by atoms with Crippen LogP contribution in [0.3, 0.4) is 0 Å². The Kier molecular flexibility index (Phi) is 5.42. The topological polar surface area (TPSA) is 99.1 Å². The first-order valence-corrected chi connectivity index (χ1v) is 11.7. The molecule has 2 aromatic rings. The van der Waals surface area contributed by atoms with Crippen LogP contribution in [0.2, 0.25) is 0 Å². The molecule has 7 nitrogen and oxygen atoms in total. The molecule has 1 aliphatic heterocycles. The van der Waals surface area contributed by atoms with Gasteiger partial charge in [0, 0.05) is 24.9 Å². The molecule has 0 radical (unpaired) electrons. The van der Waals surface area contributed by atoms with Crippen molar-refractivity contribution in [2.45, 2.75) is 29.9 Å². The summed E-state index contributed by atoms with van der Waals surface area (Å²) >= 11 is 0. The molecule has 1 fully saturated rings. The fourth-order valence-electron chi connectivity index (χ4n) is 4.19. The summed E-state index contributed by atoms with van der Waals surface area (Å²) < 4.78 is 29.7. The van der Waals surface area contributed by atoms with Crippen molar-refractivity contribution >= 4 is 9.84 Å². The number of sulfone groups is 1. The SMILES string of the molecule is CS(=O)(=O)c1ccc(OC2c3cc(O)c(O)cc3CC2N2CCCNCC2)cc1. The molecule has 0 amide bonds. The zero-order chi connectivity index (χ0) is 20.6. The average Bonchev–Trinajstić information content (AvgIpc) is 2.85. The van der Waals surface area contributed by atoms with Crippen LogP contribution in [0.5, 0.6) is 17.2 Å². The number of rotatable bonds is 4. The molecule has 0 bridgehead atoms. The van der Waals surface area contributed by atoms with Crippen molar-refractivity contribution in [2.75, 3.05) is 32.4 Å². The highest BCUT2D eigenvalue weighted by atomic mass is 32.2. The summed E-state index contributed by atoms with van der Waals surface area (Å²) in [7, 11) is -3.27. The summed E-state index contributed by atoms with van der Waals surface area (Å²) in [5.74, 6) is 0.280. The molecule has 3 N–H and O–H groups in total. The molecule has 0 saturated carbocycles. The van der Waals surface area contributed by atoms with E-state index in [1.807, 2.05) is 0 Å². The predicted octanol–water partition coefficient (Wildman–Crippen LogP) is 1.84. The minimum absolute atomic E-state index is 0.0701. The van der Waals surface area contributed by atoms with E-state index in [2.05, 4.69) is 10.2 Å². The third-order valence-corrected chi connectivity index (χ3v) is 6.81. The minimum Gasteiger partial charge on any atom is -0.504 e. The molecule has 2 aliphatic rings. The molecule has 0 spiro atoms. The van der Waals surface area contributed by atoms with E-state index in [1.165, 1.54) is 6.26 Å².